The van der Waals surface area contributed by atoms with Crippen LogP contribution < -0.4 is 5.56 Å². The molecule has 0 saturated carbocycles. The zero-order valence-electron chi connectivity index (χ0n) is 11.0. The first-order valence-corrected chi connectivity index (χ1v) is 7.75. The van der Waals surface area contributed by atoms with E-state index in [0.29, 0.717) is 4.47 Å². The summed E-state index contributed by atoms with van der Waals surface area (Å²) < 4.78 is 39.9. The quantitative estimate of drug-likeness (QED) is 0.626. The second-order valence-electron chi connectivity index (χ2n) is 4.10. The van der Waals surface area contributed by atoms with Crippen molar-refractivity contribution in [3.05, 3.63) is 44.2 Å². The third-order valence-corrected chi connectivity index (χ3v) is 3.82. The van der Waals surface area contributed by atoms with E-state index >= 15 is 0 Å². The summed E-state index contributed by atoms with van der Waals surface area (Å²) in [5.74, 6) is 0. The first kappa shape index (κ1) is 16.6. The molecule has 0 aliphatic heterocycles. The number of aromatic amines is 1. The van der Waals surface area contributed by atoms with E-state index in [1.54, 1.807) is 12.3 Å². The molecule has 1 aromatic heterocycles. The van der Waals surface area contributed by atoms with Crippen molar-refractivity contribution in [3.63, 3.8) is 0 Å². The highest BCUT2D eigenvalue weighted by atomic mass is 79.9. The fourth-order valence-electron chi connectivity index (χ4n) is 1.81. The lowest BCUT2D eigenvalue weighted by atomic mass is 10.0. The van der Waals surface area contributed by atoms with Crippen LogP contribution in [0.1, 0.15) is 11.1 Å². The van der Waals surface area contributed by atoms with Crippen LogP contribution in [0, 0.1) is 11.3 Å². The summed E-state index contributed by atoms with van der Waals surface area (Å²) >= 11 is 4.15. The van der Waals surface area contributed by atoms with Gasteiger partial charge >= 0.3 is 6.18 Å². The summed E-state index contributed by atoms with van der Waals surface area (Å²) in [6, 6.07) is 4.92. The molecule has 0 aliphatic carbocycles. The Balaban J connectivity index is 2.88. The number of thioether (sulfide) groups is 1. The molecule has 0 radical (unpaired) electrons. The van der Waals surface area contributed by atoms with Gasteiger partial charge in [0.2, 0.25) is 0 Å². The third-order valence-electron chi connectivity index (χ3n) is 2.74. The van der Waals surface area contributed by atoms with Crippen molar-refractivity contribution in [2.45, 2.75) is 11.3 Å². The number of hydrogen-bond donors (Lipinski definition) is 1. The summed E-state index contributed by atoms with van der Waals surface area (Å²) in [7, 11) is 0. The molecule has 4 nitrogen and oxygen atoms in total. The van der Waals surface area contributed by atoms with E-state index < -0.39 is 22.9 Å². The Kier molecular flexibility index (Phi) is 4.63. The Hall–Kier alpha value is -1.79. The van der Waals surface area contributed by atoms with Crippen LogP contribution in [-0.4, -0.2) is 16.2 Å². The molecule has 1 aromatic carbocycles. The van der Waals surface area contributed by atoms with E-state index in [1.165, 1.54) is 12.1 Å². The molecule has 1 N–H and O–H groups in total. The van der Waals surface area contributed by atoms with Crippen LogP contribution in [0.3, 0.4) is 0 Å². The van der Waals surface area contributed by atoms with Crippen LogP contribution in [0.5, 0.6) is 0 Å². The summed E-state index contributed by atoms with van der Waals surface area (Å²) in [5, 5.41) is 9.21. The largest absolute Gasteiger partial charge is 0.417 e. The maximum atomic E-state index is 13.2. The molecule has 9 heteroatoms. The molecule has 114 valence electrons. The highest BCUT2D eigenvalue weighted by Gasteiger charge is 2.35. The van der Waals surface area contributed by atoms with E-state index in [-0.39, 0.29) is 16.4 Å². The summed E-state index contributed by atoms with van der Waals surface area (Å²) in [4.78, 5) is 18.2. The zero-order chi connectivity index (χ0) is 16.5. The Morgan fingerprint density at radius 3 is 2.64 bits per heavy atom. The minimum atomic E-state index is -4.63. The van der Waals surface area contributed by atoms with Crippen LogP contribution in [0.15, 0.2) is 32.6 Å². The summed E-state index contributed by atoms with van der Waals surface area (Å²) in [5.41, 5.74) is -2.80. The number of nitrogens with one attached hydrogen (secondary N) is 1. The van der Waals surface area contributed by atoms with Gasteiger partial charge in [0.15, 0.2) is 5.16 Å². The van der Waals surface area contributed by atoms with E-state index in [1.807, 2.05) is 0 Å². The molecular weight excluding hydrogens is 383 g/mol. The van der Waals surface area contributed by atoms with Gasteiger partial charge in [0.1, 0.15) is 11.6 Å². The number of rotatable bonds is 2. The van der Waals surface area contributed by atoms with Crippen molar-refractivity contribution in [2.24, 2.45) is 0 Å². The first-order valence-electron chi connectivity index (χ1n) is 5.73. The Morgan fingerprint density at radius 2 is 2.09 bits per heavy atom. The minimum Gasteiger partial charge on any atom is -0.300 e. The molecule has 0 saturated heterocycles. The zero-order valence-corrected chi connectivity index (χ0v) is 13.4. The first-order chi connectivity index (χ1) is 10.3. The van der Waals surface area contributed by atoms with Gasteiger partial charge in [-0.05, 0) is 24.5 Å². The Bertz CT molecular complexity index is 827. The van der Waals surface area contributed by atoms with Crippen LogP contribution in [-0.2, 0) is 6.18 Å². The van der Waals surface area contributed by atoms with Gasteiger partial charge in [0, 0.05) is 10.0 Å². The molecule has 2 rings (SSSR count). The molecular formula is C13H7BrF3N3OS. The van der Waals surface area contributed by atoms with Gasteiger partial charge in [-0.3, -0.25) is 4.79 Å². The molecule has 0 fully saturated rings. The molecule has 0 spiro atoms. The average molecular weight is 390 g/mol. The van der Waals surface area contributed by atoms with Crippen molar-refractivity contribution in [2.75, 3.05) is 6.26 Å². The number of H-pyrrole nitrogens is 1. The molecule has 0 unspecified atom stereocenters. The second kappa shape index (κ2) is 6.14. The monoisotopic (exact) mass is 389 g/mol. The van der Waals surface area contributed by atoms with Crippen molar-refractivity contribution in [1.29, 1.82) is 5.26 Å². The van der Waals surface area contributed by atoms with Crippen molar-refractivity contribution in [3.8, 4) is 17.3 Å². The predicted octanol–water partition coefficient (Wildman–Crippen LogP) is 3.81. The standard InChI is InChI=1S/C13H7BrF3N3OS/c1-22-12-19-10(8(5-18)11(21)20-12)7-4-6(14)2-3-9(7)13(15,16)17/h2-4H,1H3,(H,19,20,21). The maximum Gasteiger partial charge on any atom is 0.417 e. The highest BCUT2D eigenvalue weighted by molar-refractivity contribution is 9.10. The minimum absolute atomic E-state index is 0.132. The fraction of sp³-hybridized carbons (Fsp3) is 0.154. The average Bonchev–Trinajstić information content (AvgIpc) is 2.44. The van der Waals surface area contributed by atoms with E-state index in [0.717, 1.165) is 17.8 Å². The molecule has 2 aromatic rings. The number of hydrogen-bond acceptors (Lipinski definition) is 4. The van der Waals surface area contributed by atoms with Gasteiger partial charge in [0.25, 0.3) is 5.56 Å². The molecule has 0 atom stereocenters. The lowest BCUT2D eigenvalue weighted by Crippen LogP contribution is -2.16. The van der Waals surface area contributed by atoms with Gasteiger partial charge in [-0.2, -0.15) is 18.4 Å². The molecule has 22 heavy (non-hydrogen) atoms. The van der Waals surface area contributed by atoms with E-state index in [2.05, 4.69) is 25.9 Å². The smallest absolute Gasteiger partial charge is 0.300 e. The van der Waals surface area contributed by atoms with E-state index in [4.69, 9.17) is 5.26 Å². The maximum absolute atomic E-state index is 13.2. The van der Waals surface area contributed by atoms with Crippen LogP contribution in [0.2, 0.25) is 0 Å². The highest BCUT2D eigenvalue weighted by Crippen LogP contribution is 2.38. The predicted molar refractivity (Wildman–Crippen MR) is 79.5 cm³/mol. The number of aromatic nitrogens is 2. The summed E-state index contributed by atoms with van der Waals surface area (Å²) in [6.45, 7) is 0. The van der Waals surface area contributed by atoms with Gasteiger partial charge in [-0.25, -0.2) is 4.98 Å². The van der Waals surface area contributed by atoms with Crippen molar-refractivity contribution >= 4 is 27.7 Å². The SMILES string of the molecule is CSc1nc(-c2cc(Br)ccc2C(F)(F)F)c(C#N)c(=O)[nH]1. The van der Waals surface area contributed by atoms with Crippen molar-refractivity contribution in [1.82, 2.24) is 9.97 Å². The van der Waals surface area contributed by atoms with Gasteiger partial charge < -0.3 is 4.98 Å². The number of benzene rings is 1. The van der Waals surface area contributed by atoms with Crippen LogP contribution >= 0.6 is 27.7 Å². The van der Waals surface area contributed by atoms with Gasteiger partial charge in [0.05, 0.1) is 11.3 Å². The lowest BCUT2D eigenvalue weighted by molar-refractivity contribution is -0.137. The number of alkyl halides is 3. The van der Waals surface area contributed by atoms with Gasteiger partial charge in [-0.15, -0.1) is 0 Å². The molecule has 0 amide bonds. The van der Waals surface area contributed by atoms with Crippen LogP contribution in [0.25, 0.3) is 11.3 Å². The third kappa shape index (κ3) is 3.18. The second-order valence-corrected chi connectivity index (χ2v) is 5.81. The van der Waals surface area contributed by atoms with Gasteiger partial charge in [-0.1, -0.05) is 27.7 Å². The topological polar surface area (TPSA) is 69.5 Å². The van der Waals surface area contributed by atoms with Crippen LogP contribution in [0.4, 0.5) is 13.2 Å². The Labute approximate surface area is 135 Å². The normalized spacial score (nSPS) is 11.3. The number of nitrogens with zero attached hydrogens (tertiary/aromatic N) is 2. The van der Waals surface area contributed by atoms with E-state index in [9.17, 15) is 18.0 Å². The number of nitriles is 1. The Morgan fingerprint density at radius 1 is 1.41 bits per heavy atom. The summed E-state index contributed by atoms with van der Waals surface area (Å²) in [6.07, 6.45) is -3.02. The van der Waals surface area contributed by atoms with Crippen molar-refractivity contribution < 1.29 is 13.2 Å². The molecule has 1 heterocycles. The molecule has 0 bridgehead atoms. The number of halogens is 4. The fourth-order valence-corrected chi connectivity index (χ4v) is 2.55. The lowest BCUT2D eigenvalue weighted by Gasteiger charge is -2.14. The molecule has 0 aliphatic rings.